The monoisotopic (exact) mass is 208 g/mol. The number of hydrogen-bond donors (Lipinski definition) is 0. The van der Waals surface area contributed by atoms with Crippen LogP contribution in [0.15, 0.2) is 12.1 Å². The van der Waals surface area contributed by atoms with Crippen molar-refractivity contribution >= 4 is 11.0 Å². The molecule has 2 nitrogen and oxygen atoms in total. The highest BCUT2D eigenvalue weighted by molar-refractivity contribution is 5.74. The average molecular weight is 208 g/mol. The van der Waals surface area contributed by atoms with E-state index in [4.69, 9.17) is 0 Å². The molecule has 0 saturated heterocycles. The molecule has 0 N–H and O–H groups in total. The van der Waals surface area contributed by atoms with Crippen LogP contribution in [0.5, 0.6) is 0 Å². The summed E-state index contributed by atoms with van der Waals surface area (Å²) in [5.74, 6) is -1.77. The molecule has 2 aromatic rings. The van der Waals surface area contributed by atoms with Crippen LogP contribution in [0.25, 0.3) is 11.0 Å². The van der Waals surface area contributed by atoms with Crippen molar-refractivity contribution in [1.29, 1.82) is 0 Å². The van der Waals surface area contributed by atoms with Gasteiger partial charge in [0, 0.05) is 12.1 Å². The van der Waals surface area contributed by atoms with E-state index in [-0.39, 0.29) is 0 Å². The molecule has 0 spiro atoms. The molecule has 2 rings (SSSR count). The zero-order chi connectivity index (χ0) is 11.0. The van der Waals surface area contributed by atoms with Crippen LogP contribution in [0.3, 0.4) is 0 Å². The van der Waals surface area contributed by atoms with Gasteiger partial charge in [0.15, 0.2) is 11.6 Å². The van der Waals surface area contributed by atoms with Crippen LogP contribution in [0, 0.1) is 18.6 Å². The highest BCUT2D eigenvalue weighted by Crippen LogP contribution is 2.17. The summed E-state index contributed by atoms with van der Waals surface area (Å²) in [6.07, 6.45) is 0.730. The number of fused-ring (bicyclic) bond motifs is 1. The zero-order valence-corrected chi connectivity index (χ0v) is 8.51. The summed E-state index contributed by atoms with van der Waals surface area (Å²) in [6, 6.07) is 2.15. The number of aromatic nitrogens is 2. The van der Waals surface area contributed by atoms with E-state index in [0.717, 1.165) is 29.9 Å². The SMILES string of the molecule is CCc1nc2cc(F)c(F)cc2nc1C. The summed E-state index contributed by atoms with van der Waals surface area (Å²) in [5.41, 5.74) is 2.37. The van der Waals surface area contributed by atoms with E-state index in [9.17, 15) is 8.78 Å². The quantitative estimate of drug-likeness (QED) is 0.720. The molecule has 0 fully saturated rings. The standard InChI is InChI=1S/C11H10F2N2/c1-3-9-6(2)14-10-4-7(12)8(13)5-11(10)15-9/h4-5H,3H2,1-2H3. The summed E-state index contributed by atoms with van der Waals surface area (Å²) in [4.78, 5) is 8.41. The highest BCUT2D eigenvalue weighted by atomic mass is 19.2. The largest absolute Gasteiger partial charge is 0.249 e. The van der Waals surface area contributed by atoms with Gasteiger partial charge in [0.25, 0.3) is 0 Å². The Morgan fingerprint density at radius 2 is 1.60 bits per heavy atom. The Morgan fingerprint density at radius 1 is 1.07 bits per heavy atom. The molecule has 0 unspecified atom stereocenters. The molecule has 78 valence electrons. The summed E-state index contributed by atoms with van der Waals surface area (Å²) >= 11 is 0. The Bertz CT molecular complexity index is 523. The molecule has 1 aromatic carbocycles. The van der Waals surface area contributed by atoms with E-state index < -0.39 is 11.6 Å². The van der Waals surface area contributed by atoms with Crippen molar-refractivity contribution in [1.82, 2.24) is 9.97 Å². The molecule has 15 heavy (non-hydrogen) atoms. The highest BCUT2D eigenvalue weighted by Gasteiger charge is 2.08. The van der Waals surface area contributed by atoms with Crippen molar-refractivity contribution in [2.45, 2.75) is 20.3 Å². The van der Waals surface area contributed by atoms with Crippen LogP contribution in [-0.2, 0) is 6.42 Å². The normalized spacial score (nSPS) is 10.9. The lowest BCUT2D eigenvalue weighted by atomic mass is 10.2. The molecular weight excluding hydrogens is 198 g/mol. The second kappa shape index (κ2) is 3.53. The molecule has 0 amide bonds. The summed E-state index contributed by atoms with van der Waals surface area (Å²) in [5, 5.41) is 0. The van der Waals surface area contributed by atoms with Gasteiger partial charge in [0.1, 0.15) is 0 Å². The van der Waals surface area contributed by atoms with E-state index in [2.05, 4.69) is 9.97 Å². The predicted octanol–water partition coefficient (Wildman–Crippen LogP) is 2.78. The zero-order valence-electron chi connectivity index (χ0n) is 8.51. The number of benzene rings is 1. The van der Waals surface area contributed by atoms with Crippen molar-refractivity contribution in [3.05, 3.63) is 35.2 Å². The summed E-state index contributed by atoms with van der Waals surface area (Å²) < 4.78 is 25.9. The van der Waals surface area contributed by atoms with Gasteiger partial charge in [-0.25, -0.2) is 18.7 Å². The van der Waals surface area contributed by atoms with E-state index in [0.29, 0.717) is 11.0 Å². The van der Waals surface area contributed by atoms with Gasteiger partial charge in [-0.1, -0.05) is 6.92 Å². The predicted molar refractivity (Wildman–Crippen MR) is 53.6 cm³/mol. The first kappa shape index (κ1) is 9.96. The summed E-state index contributed by atoms with van der Waals surface area (Å²) in [6.45, 7) is 3.76. The molecule has 0 aliphatic heterocycles. The van der Waals surface area contributed by atoms with Gasteiger partial charge in [0.2, 0.25) is 0 Å². The molecule has 4 heteroatoms. The molecule has 0 aliphatic carbocycles. The fourth-order valence-electron chi connectivity index (χ4n) is 1.51. The molecule has 0 bridgehead atoms. The molecule has 0 aliphatic rings. The van der Waals surface area contributed by atoms with Crippen LogP contribution in [0.1, 0.15) is 18.3 Å². The van der Waals surface area contributed by atoms with Crippen molar-refractivity contribution in [2.75, 3.05) is 0 Å². The minimum Gasteiger partial charge on any atom is -0.249 e. The van der Waals surface area contributed by atoms with Crippen molar-refractivity contribution in [2.24, 2.45) is 0 Å². The number of hydrogen-bond acceptors (Lipinski definition) is 2. The number of rotatable bonds is 1. The Hall–Kier alpha value is -1.58. The van der Waals surface area contributed by atoms with Crippen molar-refractivity contribution < 1.29 is 8.78 Å². The molecule has 1 aromatic heterocycles. The Kier molecular flexibility index (Phi) is 2.34. The van der Waals surface area contributed by atoms with Gasteiger partial charge < -0.3 is 0 Å². The maximum absolute atomic E-state index is 12.9. The van der Waals surface area contributed by atoms with E-state index in [1.807, 2.05) is 13.8 Å². The lowest BCUT2D eigenvalue weighted by Crippen LogP contribution is -1.98. The van der Waals surface area contributed by atoms with Gasteiger partial charge in [0.05, 0.1) is 22.4 Å². The third kappa shape index (κ3) is 1.67. The van der Waals surface area contributed by atoms with Crippen LogP contribution >= 0.6 is 0 Å². The molecular formula is C11H10F2N2. The minimum atomic E-state index is -0.888. The molecule has 0 radical (unpaired) electrons. The van der Waals surface area contributed by atoms with Crippen LogP contribution in [0.2, 0.25) is 0 Å². The van der Waals surface area contributed by atoms with E-state index >= 15 is 0 Å². The van der Waals surface area contributed by atoms with Gasteiger partial charge in [-0.3, -0.25) is 0 Å². The average Bonchev–Trinajstić information content (AvgIpc) is 2.20. The first-order valence-corrected chi connectivity index (χ1v) is 4.74. The fraction of sp³-hybridized carbons (Fsp3) is 0.273. The van der Waals surface area contributed by atoms with Crippen molar-refractivity contribution in [3.63, 3.8) is 0 Å². The first-order valence-electron chi connectivity index (χ1n) is 4.74. The molecule has 0 saturated carbocycles. The third-order valence-corrected chi connectivity index (χ3v) is 2.31. The topological polar surface area (TPSA) is 25.8 Å². The van der Waals surface area contributed by atoms with E-state index in [1.165, 1.54) is 0 Å². The van der Waals surface area contributed by atoms with E-state index in [1.54, 1.807) is 0 Å². The lowest BCUT2D eigenvalue weighted by molar-refractivity contribution is 0.510. The van der Waals surface area contributed by atoms with Crippen molar-refractivity contribution in [3.8, 4) is 0 Å². The van der Waals surface area contributed by atoms with Crippen LogP contribution < -0.4 is 0 Å². The van der Waals surface area contributed by atoms with Gasteiger partial charge in [-0.15, -0.1) is 0 Å². The third-order valence-electron chi connectivity index (χ3n) is 2.31. The van der Waals surface area contributed by atoms with Gasteiger partial charge in [-0.2, -0.15) is 0 Å². The number of aryl methyl sites for hydroxylation is 2. The lowest BCUT2D eigenvalue weighted by Gasteiger charge is -2.04. The first-order chi connectivity index (χ1) is 7.11. The van der Waals surface area contributed by atoms with Gasteiger partial charge >= 0.3 is 0 Å². The maximum Gasteiger partial charge on any atom is 0.161 e. The van der Waals surface area contributed by atoms with Crippen LogP contribution in [-0.4, -0.2) is 9.97 Å². The Morgan fingerprint density at radius 3 is 2.13 bits per heavy atom. The maximum atomic E-state index is 12.9. The number of nitrogens with zero attached hydrogens (tertiary/aromatic N) is 2. The summed E-state index contributed by atoms with van der Waals surface area (Å²) in [7, 11) is 0. The Balaban J connectivity index is 2.76. The molecule has 1 heterocycles. The van der Waals surface area contributed by atoms with Gasteiger partial charge in [-0.05, 0) is 13.3 Å². The van der Waals surface area contributed by atoms with Crippen LogP contribution in [0.4, 0.5) is 8.78 Å². The smallest absolute Gasteiger partial charge is 0.161 e. The second-order valence-corrected chi connectivity index (χ2v) is 3.36. The fourth-order valence-corrected chi connectivity index (χ4v) is 1.51. The Labute approximate surface area is 86.0 Å². The molecule has 0 atom stereocenters. The second-order valence-electron chi connectivity index (χ2n) is 3.36. The number of halogens is 2. The minimum absolute atomic E-state index is 0.392.